The van der Waals surface area contributed by atoms with Crippen LogP contribution in [0.15, 0.2) is 30.3 Å². The van der Waals surface area contributed by atoms with E-state index in [0.29, 0.717) is 17.2 Å². The van der Waals surface area contributed by atoms with Gasteiger partial charge in [-0.15, -0.1) is 0 Å². The summed E-state index contributed by atoms with van der Waals surface area (Å²) >= 11 is 4.90. The summed E-state index contributed by atoms with van der Waals surface area (Å²) in [6, 6.07) is 9.08. The molecule has 2 aromatic rings. The molecule has 0 spiro atoms. The molecule has 0 aliphatic rings. The molecule has 6 heteroatoms. The maximum atomic E-state index is 5.58. The van der Waals surface area contributed by atoms with Crippen molar-refractivity contribution in [3.63, 3.8) is 0 Å². The number of hydrogen-bond acceptors (Lipinski definition) is 5. The second-order valence-electron chi connectivity index (χ2n) is 3.82. The molecule has 5 nitrogen and oxygen atoms in total. The van der Waals surface area contributed by atoms with Crippen molar-refractivity contribution in [3.05, 3.63) is 41.7 Å². The van der Waals surface area contributed by atoms with Crippen molar-refractivity contribution in [2.45, 2.75) is 6.92 Å². The minimum Gasteiger partial charge on any atom is -0.497 e. The lowest BCUT2D eigenvalue weighted by Crippen LogP contribution is -2.13. The van der Waals surface area contributed by atoms with E-state index in [0.717, 1.165) is 5.69 Å². The van der Waals surface area contributed by atoms with E-state index < -0.39 is 0 Å². The average Bonchev–Trinajstić information content (AvgIpc) is 2.38. The number of aromatic nitrogens is 2. The predicted molar refractivity (Wildman–Crippen MR) is 75.7 cm³/mol. The average molecular weight is 275 g/mol. The standard InChI is InChI=1S/C13H13N3O2S/c1-8-6-11(12(14)19)16-13(15-8)18-10-5-3-4-9(7-10)17-2/h3-7H,1-2H3,(H2,14,19). The fourth-order valence-electron chi connectivity index (χ4n) is 1.48. The second kappa shape index (κ2) is 5.62. The van der Waals surface area contributed by atoms with Crippen molar-refractivity contribution in [3.8, 4) is 17.5 Å². The minimum atomic E-state index is 0.205. The van der Waals surface area contributed by atoms with E-state index in [2.05, 4.69) is 9.97 Å². The van der Waals surface area contributed by atoms with Gasteiger partial charge in [0.2, 0.25) is 0 Å². The van der Waals surface area contributed by atoms with E-state index in [4.69, 9.17) is 27.4 Å². The van der Waals surface area contributed by atoms with Crippen LogP contribution in [0.4, 0.5) is 0 Å². The SMILES string of the molecule is COc1cccc(Oc2nc(C)cc(C(N)=S)n2)c1. The predicted octanol–water partition coefficient (Wildman–Crippen LogP) is 2.22. The third kappa shape index (κ3) is 3.38. The molecule has 0 fully saturated rings. The van der Waals surface area contributed by atoms with Gasteiger partial charge in [-0.05, 0) is 25.1 Å². The van der Waals surface area contributed by atoms with Crippen LogP contribution in [0.3, 0.4) is 0 Å². The highest BCUT2D eigenvalue weighted by Gasteiger charge is 2.07. The number of hydrogen-bond donors (Lipinski definition) is 1. The fraction of sp³-hybridized carbons (Fsp3) is 0.154. The molecule has 2 rings (SSSR count). The topological polar surface area (TPSA) is 70.3 Å². The highest BCUT2D eigenvalue weighted by atomic mass is 32.1. The lowest BCUT2D eigenvalue weighted by molar-refractivity contribution is 0.404. The molecule has 0 bridgehead atoms. The lowest BCUT2D eigenvalue weighted by atomic mass is 10.3. The first kappa shape index (κ1) is 13.2. The molecule has 98 valence electrons. The van der Waals surface area contributed by atoms with Gasteiger partial charge in [0.05, 0.1) is 7.11 Å². The molecule has 1 heterocycles. The first-order valence-electron chi connectivity index (χ1n) is 5.56. The van der Waals surface area contributed by atoms with Gasteiger partial charge in [0, 0.05) is 11.8 Å². The lowest BCUT2D eigenvalue weighted by Gasteiger charge is -2.07. The molecule has 0 aliphatic heterocycles. The molecular formula is C13H13N3O2S. The van der Waals surface area contributed by atoms with Crippen LogP contribution in [-0.2, 0) is 0 Å². The summed E-state index contributed by atoms with van der Waals surface area (Å²) < 4.78 is 10.7. The molecule has 1 aromatic carbocycles. The number of benzene rings is 1. The highest BCUT2D eigenvalue weighted by molar-refractivity contribution is 7.80. The Morgan fingerprint density at radius 1 is 1.21 bits per heavy atom. The van der Waals surface area contributed by atoms with Gasteiger partial charge in [-0.3, -0.25) is 0 Å². The van der Waals surface area contributed by atoms with E-state index in [9.17, 15) is 0 Å². The largest absolute Gasteiger partial charge is 0.497 e. The van der Waals surface area contributed by atoms with Crippen LogP contribution in [0.2, 0.25) is 0 Å². The molecule has 1 aromatic heterocycles. The van der Waals surface area contributed by atoms with Crippen molar-refractivity contribution in [2.75, 3.05) is 7.11 Å². The Labute approximate surface area is 116 Å². The van der Waals surface area contributed by atoms with Crippen molar-refractivity contribution < 1.29 is 9.47 Å². The van der Waals surface area contributed by atoms with Crippen LogP contribution >= 0.6 is 12.2 Å². The van der Waals surface area contributed by atoms with Gasteiger partial charge < -0.3 is 15.2 Å². The zero-order chi connectivity index (χ0) is 13.8. The highest BCUT2D eigenvalue weighted by Crippen LogP contribution is 2.23. The van der Waals surface area contributed by atoms with Crippen LogP contribution in [0.1, 0.15) is 11.4 Å². The summed E-state index contributed by atoms with van der Waals surface area (Å²) in [4.78, 5) is 8.53. The van der Waals surface area contributed by atoms with Gasteiger partial charge in [-0.2, -0.15) is 4.98 Å². The van der Waals surface area contributed by atoms with Gasteiger partial charge in [-0.1, -0.05) is 18.3 Å². The molecule has 0 aliphatic carbocycles. The number of ether oxygens (including phenoxy) is 2. The van der Waals surface area contributed by atoms with Crippen molar-refractivity contribution >= 4 is 17.2 Å². The molecule has 19 heavy (non-hydrogen) atoms. The van der Waals surface area contributed by atoms with E-state index in [1.54, 1.807) is 25.3 Å². The van der Waals surface area contributed by atoms with Crippen LogP contribution in [-0.4, -0.2) is 22.1 Å². The fourth-order valence-corrected chi connectivity index (χ4v) is 1.59. The minimum absolute atomic E-state index is 0.205. The van der Waals surface area contributed by atoms with E-state index in [-0.39, 0.29) is 11.0 Å². The van der Waals surface area contributed by atoms with Gasteiger partial charge in [-0.25, -0.2) is 4.98 Å². The first-order chi connectivity index (χ1) is 9.08. The quantitative estimate of drug-likeness (QED) is 0.863. The van der Waals surface area contributed by atoms with Crippen LogP contribution in [0.5, 0.6) is 17.5 Å². The number of nitrogens with zero attached hydrogens (tertiary/aromatic N) is 2. The summed E-state index contributed by atoms with van der Waals surface area (Å²) in [5.41, 5.74) is 6.77. The van der Waals surface area contributed by atoms with Crippen molar-refractivity contribution in [1.82, 2.24) is 9.97 Å². The molecule has 2 N–H and O–H groups in total. The van der Waals surface area contributed by atoms with E-state index in [1.807, 2.05) is 19.1 Å². The molecular weight excluding hydrogens is 262 g/mol. The normalized spacial score (nSPS) is 10.0. The number of nitrogens with two attached hydrogens (primary N) is 1. The Morgan fingerprint density at radius 3 is 2.63 bits per heavy atom. The third-order valence-corrected chi connectivity index (χ3v) is 2.55. The third-order valence-electron chi connectivity index (χ3n) is 2.34. The zero-order valence-corrected chi connectivity index (χ0v) is 11.4. The van der Waals surface area contributed by atoms with Crippen LogP contribution in [0, 0.1) is 6.92 Å². The number of aryl methyl sites for hydroxylation is 1. The second-order valence-corrected chi connectivity index (χ2v) is 4.26. The molecule has 0 unspecified atom stereocenters. The number of rotatable bonds is 4. The van der Waals surface area contributed by atoms with E-state index >= 15 is 0 Å². The molecule has 0 saturated carbocycles. The molecule has 0 radical (unpaired) electrons. The zero-order valence-electron chi connectivity index (χ0n) is 10.6. The Bertz CT molecular complexity index is 617. The summed E-state index contributed by atoms with van der Waals surface area (Å²) in [7, 11) is 1.59. The van der Waals surface area contributed by atoms with Crippen LogP contribution < -0.4 is 15.2 Å². The Morgan fingerprint density at radius 2 is 1.95 bits per heavy atom. The van der Waals surface area contributed by atoms with Crippen molar-refractivity contribution in [1.29, 1.82) is 0 Å². The Balaban J connectivity index is 2.29. The summed E-state index contributed by atoms with van der Waals surface area (Å²) in [5.74, 6) is 1.28. The van der Waals surface area contributed by atoms with Crippen molar-refractivity contribution in [2.24, 2.45) is 5.73 Å². The molecule has 0 atom stereocenters. The maximum absolute atomic E-state index is 5.58. The summed E-state index contributed by atoms with van der Waals surface area (Å²) in [6.07, 6.45) is 0. The Hall–Kier alpha value is -2.21. The van der Waals surface area contributed by atoms with E-state index in [1.165, 1.54) is 0 Å². The summed E-state index contributed by atoms with van der Waals surface area (Å²) in [5, 5.41) is 0. The Kier molecular flexibility index (Phi) is 3.91. The summed E-state index contributed by atoms with van der Waals surface area (Å²) in [6.45, 7) is 1.82. The van der Waals surface area contributed by atoms with Gasteiger partial charge >= 0.3 is 6.01 Å². The first-order valence-corrected chi connectivity index (χ1v) is 5.96. The smallest absolute Gasteiger partial charge is 0.322 e. The molecule has 0 amide bonds. The van der Waals surface area contributed by atoms with Gasteiger partial charge in [0.25, 0.3) is 0 Å². The van der Waals surface area contributed by atoms with Gasteiger partial charge in [0.15, 0.2) is 0 Å². The number of thiocarbonyl (C=S) groups is 1. The van der Waals surface area contributed by atoms with Crippen LogP contribution in [0.25, 0.3) is 0 Å². The molecule has 0 saturated heterocycles. The maximum Gasteiger partial charge on any atom is 0.322 e. The number of methoxy groups -OCH3 is 1. The monoisotopic (exact) mass is 275 g/mol. The van der Waals surface area contributed by atoms with Gasteiger partial charge in [0.1, 0.15) is 22.2 Å².